The fourth-order valence-electron chi connectivity index (χ4n) is 3.43. The van der Waals surface area contributed by atoms with Gasteiger partial charge in [-0.05, 0) is 12.8 Å². The van der Waals surface area contributed by atoms with Crippen molar-refractivity contribution in [2.24, 2.45) is 0 Å². The summed E-state index contributed by atoms with van der Waals surface area (Å²) >= 11 is 0. The van der Waals surface area contributed by atoms with Crippen molar-refractivity contribution in [1.29, 1.82) is 0 Å². The van der Waals surface area contributed by atoms with Crippen molar-refractivity contribution >= 4 is 5.78 Å². The number of carbonyl (C=O) groups excluding carboxylic acids is 1. The number of carbonyl (C=O) groups is 1. The monoisotopic (exact) mass is 258 g/mol. The van der Waals surface area contributed by atoms with Crippen molar-refractivity contribution in [3.05, 3.63) is 23.3 Å². The van der Waals surface area contributed by atoms with Crippen LogP contribution in [0.4, 0.5) is 0 Å². The third-order valence-corrected chi connectivity index (χ3v) is 4.58. The van der Waals surface area contributed by atoms with Crippen molar-refractivity contribution in [2.45, 2.75) is 25.3 Å². The van der Waals surface area contributed by atoms with Crippen LogP contribution in [0, 0.1) is 0 Å². The smallest absolute Gasteiger partial charge is 0.166 e. The quantitative estimate of drug-likeness (QED) is 0.741. The molecule has 0 amide bonds. The van der Waals surface area contributed by atoms with Gasteiger partial charge in [-0.1, -0.05) is 0 Å². The molecule has 3 saturated heterocycles. The van der Waals surface area contributed by atoms with E-state index >= 15 is 0 Å². The average molecular weight is 258 g/mol. The van der Waals surface area contributed by atoms with Crippen LogP contribution in [0.5, 0.6) is 0 Å². The highest BCUT2D eigenvalue weighted by atomic mass is 16.1. The zero-order valence-electron chi connectivity index (χ0n) is 11.0. The highest BCUT2D eigenvalue weighted by molar-refractivity contribution is 5.97. The van der Waals surface area contributed by atoms with Crippen LogP contribution in [0.1, 0.15) is 40.8 Å². The summed E-state index contributed by atoms with van der Waals surface area (Å²) < 4.78 is 0. The van der Waals surface area contributed by atoms with E-state index < -0.39 is 0 Å². The molecule has 4 aliphatic rings. The fraction of sp³-hybridized carbons (Fsp3) is 0.643. The lowest BCUT2D eigenvalue weighted by molar-refractivity contribution is 0.00852. The van der Waals surface area contributed by atoms with Gasteiger partial charge in [0.1, 0.15) is 5.82 Å². The van der Waals surface area contributed by atoms with E-state index in [4.69, 9.17) is 4.98 Å². The van der Waals surface area contributed by atoms with Gasteiger partial charge in [0.15, 0.2) is 5.78 Å². The highest BCUT2D eigenvalue weighted by Crippen LogP contribution is 2.28. The maximum Gasteiger partial charge on any atom is 0.166 e. The van der Waals surface area contributed by atoms with Gasteiger partial charge < -0.3 is 0 Å². The predicted molar refractivity (Wildman–Crippen MR) is 70.1 cm³/mol. The zero-order valence-corrected chi connectivity index (χ0v) is 11.0. The summed E-state index contributed by atoms with van der Waals surface area (Å²) in [6, 6.07) is 0.324. The molecule has 0 N–H and O–H groups in total. The standard InChI is InChI=1S/C14H18N4O/c19-13-3-1-2-11-10(13)8-15-14(16-11)12-9-17-4-6-18(12)7-5-17/h8,12H,1-7,9H2. The average Bonchev–Trinajstić information content (AvgIpc) is 2.48. The van der Waals surface area contributed by atoms with E-state index in [0.29, 0.717) is 12.5 Å². The molecule has 1 unspecified atom stereocenters. The van der Waals surface area contributed by atoms with E-state index in [-0.39, 0.29) is 5.78 Å². The van der Waals surface area contributed by atoms with Crippen LogP contribution in [0.15, 0.2) is 6.20 Å². The van der Waals surface area contributed by atoms with Crippen LogP contribution >= 0.6 is 0 Å². The Labute approximate surface area is 112 Å². The van der Waals surface area contributed by atoms with Crippen LogP contribution < -0.4 is 0 Å². The summed E-state index contributed by atoms with van der Waals surface area (Å²) in [5, 5.41) is 0. The van der Waals surface area contributed by atoms with Gasteiger partial charge >= 0.3 is 0 Å². The first kappa shape index (κ1) is 11.5. The second-order valence-corrected chi connectivity index (χ2v) is 5.72. The van der Waals surface area contributed by atoms with Crippen molar-refractivity contribution in [2.75, 3.05) is 32.7 Å². The first-order valence-electron chi connectivity index (χ1n) is 7.17. The molecule has 3 fully saturated rings. The lowest BCUT2D eigenvalue weighted by Gasteiger charge is -2.46. The topological polar surface area (TPSA) is 49.3 Å². The number of aromatic nitrogens is 2. The number of nitrogens with zero attached hydrogens (tertiary/aromatic N) is 4. The molecule has 1 atom stereocenters. The summed E-state index contributed by atoms with van der Waals surface area (Å²) in [4.78, 5) is 26.0. The molecule has 0 radical (unpaired) electrons. The number of hydrogen-bond acceptors (Lipinski definition) is 5. The second-order valence-electron chi connectivity index (χ2n) is 5.72. The SMILES string of the molecule is O=C1CCCc2nc(C3CN4CCN3CC4)ncc21. The number of piperazine rings is 3. The zero-order chi connectivity index (χ0) is 12.8. The number of ketones is 1. The Morgan fingerprint density at radius 2 is 2.00 bits per heavy atom. The largest absolute Gasteiger partial charge is 0.299 e. The van der Waals surface area contributed by atoms with E-state index in [1.165, 1.54) is 13.1 Å². The number of rotatable bonds is 1. The molecule has 1 aromatic rings. The molecule has 0 spiro atoms. The molecule has 19 heavy (non-hydrogen) atoms. The number of Topliss-reactive ketones (excluding diaryl/α,β-unsaturated/α-hetero) is 1. The van der Waals surface area contributed by atoms with Gasteiger partial charge in [0.25, 0.3) is 0 Å². The van der Waals surface area contributed by atoms with E-state index in [9.17, 15) is 4.79 Å². The second kappa shape index (κ2) is 4.35. The molecule has 1 aromatic heterocycles. The van der Waals surface area contributed by atoms with Crippen molar-refractivity contribution in [1.82, 2.24) is 19.8 Å². The molecule has 5 nitrogen and oxygen atoms in total. The number of aryl methyl sites for hydroxylation is 1. The number of hydrogen-bond donors (Lipinski definition) is 0. The van der Waals surface area contributed by atoms with Gasteiger partial charge in [0.2, 0.25) is 0 Å². The Balaban J connectivity index is 1.67. The molecule has 2 bridgehead atoms. The first-order chi connectivity index (χ1) is 9.31. The van der Waals surface area contributed by atoms with Crippen molar-refractivity contribution in [3.8, 4) is 0 Å². The van der Waals surface area contributed by atoms with E-state index in [1.807, 2.05) is 0 Å². The first-order valence-corrected chi connectivity index (χ1v) is 7.17. The minimum Gasteiger partial charge on any atom is -0.299 e. The minimum absolute atomic E-state index is 0.210. The van der Waals surface area contributed by atoms with Gasteiger partial charge in [-0.25, -0.2) is 9.97 Å². The third kappa shape index (κ3) is 1.88. The Hall–Kier alpha value is -1.33. The molecule has 100 valence electrons. The lowest BCUT2D eigenvalue weighted by Crippen LogP contribution is -2.57. The van der Waals surface area contributed by atoms with Gasteiger partial charge in [-0.2, -0.15) is 0 Å². The van der Waals surface area contributed by atoms with E-state index in [1.54, 1.807) is 6.20 Å². The molecule has 0 aromatic carbocycles. The Morgan fingerprint density at radius 1 is 1.16 bits per heavy atom. The summed E-state index contributed by atoms with van der Waals surface area (Å²) in [6.07, 6.45) is 4.27. The summed E-state index contributed by atoms with van der Waals surface area (Å²) in [5.41, 5.74) is 1.73. The maximum atomic E-state index is 11.8. The normalized spacial score (nSPS) is 33.3. The van der Waals surface area contributed by atoms with Crippen LogP contribution in [-0.2, 0) is 6.42 Å². The summed E-state index contributed by atoms with van der Waals surface area (Å²) in [7, 11) is 0. The van der Waals surface area contributed by atoms with Gasteiger partial charge in [-0.15, -0.1) is 0 Å². The number of fused-ring (bicyclic) bond motifs is 4. The highest BCUT2D eigenvalue weighted by Gasteiger charge is 2.35. The Bertz CT molecular complexity index is 522. The maximum absolute atomic E-state index is 11.8. The molecule has 5 heteroatoms. The minimum atomic E-state index is 0.210. The Morgan fingerprint density at radius 3 is 2.74 bits per heavy atom. The molecule has 3 aliphatic heterocycles. The Kier molecular flexibility index (Phi) is 2.63. The molecule has 0 saturated carbocycles. The molecular formula is C14H18N4O. The van der Waals surface area contributed by atoms with Crippen LogP contribution in [0.2, 0.25) is 0 Å². The van der Waals surface area contributed by atoms with Crippen molar-refractivity contribution < 1.29 is 4.79 Å². The van der Waals surface area contributed by atoms with Crippen LogP contribution in [0.3, 0.4) is 0 Å². The van der Waals surface area contributed by atoms with Gasteiger partial charge in [0, 0.05) is 45.3 Å². The van der Waals surface area contributed by atoms with E-state index in [0.717, 1.165) is 49.6 Å². The third-order valence-electron chi connectivity index (χ3n) is 4.58. The summed E-state index contributed by atoms with van der Waals surface area (Å²) in [5.74, 6) is 1.12. The molecule has 5 rings (SSSR count). The van der Waals surface area contributed by atoms with Crippen molar-refractivity contribution in [3.63, 3.8) is 0 Å². The molecule has 4 heterocycles. The predicted octanol–water partition coefficient (Wildman–Crippen LogP) is 0.668. The van der Waals surface area contributed by atoms with Gasteiger partial charge in [0.05, 0.1) is 17.3 Å². The van der Waals surface area contributed by atoms with E-state index in [2.05, 4.69) is 14.8 Å². The lowest BCUT2D eigenvalue weighted by atomic mass is 9.96. The molecular weight excluding hydrogens is 240 g/mol. The fourth-order valence-corrected chi connectivity index (χ4v) is 3.43. The summed E-state index contributed by atoms with van der Waals surface area (Å²) in [6.45, 7) is 5.60. The van der Waals surface area contributed by atoms with Crippen LogP contribution in [-0.4, -0.2) is 58.3 Å². The van der Waals surface area contributed by atoms with Crippen LogP contribution in [0.25, 0.3) is 0 Å². The van der Waals surface area contributed by atoms with Gasteiger partial charge in [-0.3, -0.25) is 14.6 Å². The molecule has 1 aliphatic carbocycles.